The number of hydrogen-bond donors (Lipinski definition) is 2. The number of pyridine rings is 1. The van der Waals surface area contributed by atoms with Gasteiger partial charge in [-0.1, -0.05) is 6.07 Å². The molecule has 0 aliphatic rings. The van der Waals surface area contributed by atoms with E-state index in [2.05, 4.69) is 4.98 Å². The van der Waals surface area contributed by atoms with Gasteiger partial charge in [-0.05, 0) is 12.1 Å². The molecule has 0 aliphatic heterocycles. The van der Waals surface area contributed by atoms with Gasteiger partial charge < -0.3 is 5.11 Å². The van der Waals surface area contributed by atoms with Crippen molar-refractivity contribution < 1.29 is 22.7 Å². The topological polar surface area (TPSA) is 96.4 Å². The summed E-state index contributed by atoms with van der Waals surface area (Å²) in [7, 11) is -3.81. The van der Waals surface area contributed by atoms with E-state index in [4.69, 9.17) is 5.11 Å². The van der Waals surface area contributed by atoms with E-state index in [9.17, 15) is 17.6 Å². The number of carbonyl (C=O) groups is 1. The van der Waals surface area contributed by atoms with E-state index >= 15 is 0 Å². The van der Waals surface area contributed by atoms with Gasteiger partial charge in [0.25, 0.3) is 0 Å². The predicted molar refractivity (Wildman–Crippen MR) is 53.9 cm³/mol. The predicted octanol–water partition coefficient (Wildman–Crippen LogP) is 0.437. The molecule has 0 fully saturated rings. The van der Waals surface area contributed by atoms with Crippen LogP contribution in [-0.2, 0) is 14.8 Å². The van der Waals surface area contributed by atoms with Gasteiger partial charge in [0.15, 0.2) is 0 Å². The quantitative estimate of drug-likeness (QED) is 0.737. The summed E-state index contributed by atoms with van der Waals surface area (Å²) < 4.78 is 37.1. The molecule has 1 rings (SSSR count). The smallest absolute Gasteiger partial charge is 0.304 e. The number of carboxylic acid groups (broad SMARTS) is 1. The van der Waals surface area contributed by atoms with Crippen molar-refractivity contribution in [1.82, 2.24) is 4.98 Å². The van der Waals surface area contributed by atoms with Crippen molar-refractivity contribution in [1.29, 1.82) is 0 Å². The molecule has 1 aromatic heterocycles. The van der Waals surface area contributed by atoms with Gasteiger partial charge in [-0.2, -0.15) is 4.39 Å². The van der Waals surface area contributed by atoms with E-state index in [1.54, 1.807) is 0 Å². The second-order valence-electron chi connectivity index (χ2n) is 2.91. The second kappa shape index (κ2) is 4.88. The number of sulfonamides is 1. The van der Waals surface area contributed by atoms with Crippen LogP contribution in [0, 0.1) is 5.95 Å². The summed E-state index contributed by atoms with van der Waals surface area (Å²) in [5.41, 5.74) is 0. The SMILES string of the molecule is O=C(O)CCS(=O)(=O)Nc1cccc(F)n1. The van der Waals surface area contributed by atoms with E-state index in [-0.39, 0.29) is 5.82 Å². The van der Waals surface area contributed by atoms with Crippen LogP contribution in [0.4, 0.5) is 10.2 Å². The Morgan fingerprint density at radius 1 is 1.50 bits per heavy atom. The Balaban J connectivity index is 2.69. The highest BCUT2D eigenvalue weighted by molar-refractivity contribution is 7.92. The Bertz CT molecular complexity index is 489. The van der Waals surface area contributed by atoms with Crippen LogP contribution in [0.25, 0.3) is 0 Å². The van der Waals surface area contributed by atoms with Gasteiger partial charge in [0, 0.05) is 0 Å². The monoisotopic (exact) mass is 248 g/mol. The molecule has 88 valence electrons. The lowest BCUT2D eigenvalue weighted by atomic mass is 10.5. The largest absolute Gasteiger partial charge is 0.481 e. The zero-order valence-corrected chi connectivity index (χ0v) is 8.87. The Labute approximate surface area is 91.2 Å². The van der Waals surface area contributed by atoms with Crippen LogP contribution >= 0.6 is 0 Å². The zero-order valence-electron chi connectivity index (χ0n) is 8.05. The summed E-state index contributed by atoms with van der Waals surface area (Å²) >= 11 is 0. The highest BCUT2D eigenvalue weighted by atomic mass is 32.2. The van der Waals surface area contributed by atoms with Gasteiger partial charge in [-0.15, -0.1) is 0 Å². The maximum absolute atomic E-state index is 12.6. The van der Waals surface area contributed by atoms with E-state index < -0.39 is 34.1 Å². The van der Waals surface area contributed by atoms with Crippen molar-refractivity contribution in [2.24, 2.45) is 0 Å². The summed E-state index contributed by atoms with van der Waals surface area (Å²) in [4.78, 5) is 13.5. The third-order valence-electron chi connectivity index (χ3n) is 1.56. The first kappa shape index (κ1) is 12.4. The number of nitrogens with one attached hydrogen (secondary N) is 1. The number of carboxylic acids is 1. The fraction of sp³-hybridized carbons (Fsp3) is 0.250. The molecular formula is C8H9FN2O4S. The number of nitrogens with zero attached hydrogens (tertiary/aromatic N) is 1. The first-order chi connectivity index (χ1) is 7.39. The number of halogens is 1. The number of anilines is 1. The van der Waals surface area contributed by atoms with Crippen molar-refractivity contribution in [3.05, 3.63) is 24.1 Å². The average Bonchev–Trinajstić information content (AvgIpc) is 2.14. The lowest BCUT2D eigenvalue weighted by Gasteiger charge is -2.05. The summed E-state index contributed by atoms with van der Waals surface area (Å²) in [6, 6.07) is 3.62. The standard InChI is InChI=1S/C8H9FN2O4S/c9-6-2-1-3-7(10-6)11-16(14,15)5-4-8(12)13/h1-3H,4-5H2,(H,10,11)(H,12,13). The number of hydrogen-bond acceptors (Lipinski definition) is 4. The molecule has 0 saturated heterocycles. The Morgan fingerprint density at radius 2 is 2.19 bits per heavy atom. The normalized spacial score (nSPS) is 11.1. The lowest BCUT2D eigenvalue weighted by Crippen LogP contribution is -2.19. The van der Waals surface area contributed by atoms with E-state index in [1.807, 2.05) is 4.72 Å². The molecular weight excluding hydrogens is 239 g/mol. The number of aromatic nitrogens is 1. The first-order valence-electron chi connectivity index (χ1n) is 4.24. The minimum atomic E-state index is -3.81. The highest BCUT2D eigenvalue weighted by Crippen LogP contribution is 2.06. The van der Waals surface area contributed by atoms with E-state index in [0.29, 0.717) is 0 Å². The molecule has 8 heteroatoms. The van der Waals surface area contributed by atoms with E-state index in [0.717, 1.165) is 6.07 Å². The Kier molecular flexibility index (Phi) is 3.78. The van der Waals surface area contributed by atoms with Crippen molar-refractivity contribution in [3.63, 3.8) is 0 Å². The van der Waals surface area contributed by atoms with Crippen LogP contribution in [0.15, 0.2) is 18.2 Å². The minimum Gasteiger partial charge on any atom is -0.481 e. The summed E-state index contributed by atoms with van der Waals surface area (Å²) in [6.07, 6.45) is -0.523. The molecule has 1 heterocycles. The molecule has 0 spiro atoms. The molecule has 6 nitrogen and oxygen atoms in total. The van der Waals surface area contributed by atoms with Crippen molar-refractivity contribution in [2.75, 3.05) is 10.5 Å². The van der Waals surface area contributed by atoms with Crippen molar-refractivity contribution in [3.8, 4) is 0 Å². The Hall–Kier alpha value is -1.70. The maximum Gasteiger partial charge on any atom is 0.304 e. The fourth-order valence-corrected chi connectivity index (χ4v) is 1.87. The molecule has 0 amide bonds. The van der Waals surface area contributed by atoms with Gasteiger partial charge >= 0.3 is 5.97 Å². The molecule has 0 unspecified atom stereocenters. The summed E-state index contributed by atoms with van der Waals surface area (Å²) in [5.74, 6) is -2.80. The summed E-state index contributed by atoms with van der Waals surface area (Å²) in [6.45, 7) is 0. The molecule has 0 aliphatic carbocycles. The van der Waals surface area contributed by atoms with Gasteiger partial charge in [0.05, 0.1) is 12.2 Å². The highest BCUT2D eigenvalue weighted by Gasteiger charge is 2.13. The van der Waals surface area contributed by atoms with Crippen LogP contribution in [0.5, 0.6) is 0 Å². The molecule has 0 saturated carbocycles. The van der Waals surface area contributed by atoms with Gasteiger partial charge in [-0.25, -0.2) is 13.4 Å². The van der Waals surface area contributed by atoms with Crippen molar-refractivity contribution >= 4 is 21.8 Å². The Morgan fingerprint density at radius 3 is 2.75 bits per heavy atom. The van der Waals surface area contributed by atoms with Gasteiger partial charge in [0.1, 0.15) is 5.82 Å². The maximum atomic E-state index is 12.6. The van der Waals surface area contributed by atoms with Crippen molar-refractivity contribution in [2.45, 2.75) is 6.42 Å². The second-order valence-corrected chi connectivity index (χ2v) is 4.75. The summed E-state index contributed by atoms with van der Waals surface area (Å²) in [5, 5.41) is 8.32. The molecule has 0 aromatic carbocycles. The third-order valence-corrected chi connectivity index (χ3v) is 2.82. The molecule has 2 N–H and O–H groups in total. The average molecular weight is 248 g/mol. The third kappa shape index (κ3) is 4.22. The number of aliphatic carboxylic acids is 1. The first-order valence-corrected chi connectivity index (χ1v) is 5.89. The van der Waals surface area contributed by atoms with E-state index in [1.165, 1.54) is 12.1 Å². The van der Waals surface area contributed by atoms with Gasteiger partial charge in [0.2, 0.25) is 16.0 Å². The molecule has 0 bridgehead atoms. The molecule has 0 radical (unpaired) electrons. The zero-order chi connectivity index (χ0) is 12.2. The molecule has 0 atom stereocenters. The van der Waals surface area contributed by atoms with Crippen LogP contribution in [0.1, 0.15) is 6.42 Å². The fourth-order valence-electron chi connectivity index (χ4n) is 0.897. The van der Waals surface area contributed by atoms with Crippen LogP contribution < -0.4 is 4.72 Å². The van der Waals surface area contributed by atoms with Crippen LogP contribution in [0.3, 0.4) is 0 Å². The minimum absolute atomic E-state index is 0.176. The lowest BCUT2D eigenvalue weighted by molar-refractivity contribution is -0.136. The van der Waals surface area contributed by atoms with Gasteiger partial charge in [-0.3, -0.25) is 9.52 Å². The molecule has 16 heavy (non-hydrogen) atoms. The van der Waals surface area contributed by atoms with Crippen LogP contribution in [-0.4, -0.2) is 30.2 Å². The van der Waals surface area contributed by atoms with Crippen LogP contribution in [0.2, 0.25) is 0 Å². The molecule has 1 aromatic rings. The number of rotatable bonds is 5.